The minimum absolute atomic E-state index is 0.102. The fourth-order valence-corrected chi connectivity index (χ4v) is 2.80. The second-order valence-corrected chi connectivity index (χ2v) is 6.16. The molecule has 1 N–H and O–H groups in total. The summed E-state index contributed by atoms with van der Waals surface area (Å²) in [6.45, 7) is 3.60. The van der Waals surface area contributed by atoms with E-state index in [1.54, 1.807) is 19.0 Å². The quantitative estimate of drug-likeness (QED) is 0.842. The molecule has 0 radical (unpaired) electrons. The molecule has 2 amide bonds. The molecule has 1 fully saturated rings. The molecule has 0 saturated carbocycles. The lowest BCUT2D eigenvalue weighted by molar-refractivity contribution is 0.158. The van der Waals surface area contributed by atoms with E-state index in [0.29, 0.717) is 6.04 Å². The number of carbonyl (C=O) groups excluding carboxylic acids is 1. The third-order valence-electron chi connectivity index (χ3n) is 3.56. The predicted octanol–water partition coefficient (Wildman–Crippen LogP) is 2.71. The fourth-order valence-electron chi connectivity index (χ4n) is 2.40. The number of piperidine rings is 1. The highest BCUT2D eigenvalue weighted by Gasteiger charge is 2.23. The number of aromatic nitrogens is 1. The lowest BCUT2D eigenvalue weighted by Crippen LogP contribution is -2.46. The second-order valence-electron chi connectivity index (χ2n) is 5.35. The van der Waals surface area contributed by atoms with Gasteiger partial charge in [0, 0.05) is 33.2 Å². The summed E-state index contributed by atoms with van der Waals surface area (Å²) in [5.41, 5.74) is 2.07. The molecule has 0 atom stereocenters. The Kier molecular flexibility index (Phi) is 4.86. The van der Waals surface area contributed by atoms with Crippen LogP contribution < -0.4 is 5.32 Å². The van der Waals surface area contributed by atoms with Gasteiger partial charge in [0.25, 0.3) is 0 Å². The summed E-state index contributed by atoms with van der Waals surface area (Å²) in [7, 11) is 3.59. The normalized spacial score (nSPS) is 16.1. The van der Waals surface area contributed by atoms with Crippen LogP contribution in [0.5, 0.6) is 0 Å². The number of aryl methyl sites for hydroxylation is 1. The molecule has 0 aliphatic carbocycles. The smallest absolute Gasteiger partial charge is 0.319 e. The van der Waals surface area contributed by atoms with Crippen molar-refractivity contribution in [3.05, 3.63) is 22.4 Å². The van der Waals surface area contributed by atoms with Crippen molar-refractivity contribution in [2.24, 2.45) is 0 Å². The van der Waals surface area contributed by atoms with Crippen molar-refractivity contribution in [3.63, 3.8) is 0 Å². The van der Waals surface area contributed by atoms with E-state index >= 15 is 0 Å². The number of pyridine rings is 1. The number of rotatable bonds is 2. The average Bonchev–Trinajstić information content (AvgIpc) is 2.42. The molecule has 0 unspecified atom stereocenters. The summed E-state index contributed by atoms with van der Waals surface area (Å²) in [6.07, 6.45) is 1.93. The molecule has 110 valence electrons. The first kappa shape index (κ1) is 15.1. The maximum Gasteiger partial charge on any atom is 0.319 e. The molecule has 1 aliphatic rings. The second kappa shape index (κ2) is 6.43. The topological polar surface area (TPSA) is 48.5 Å². The van der Waals surface area contributed by atoms with E-state index in [0.717, 1.165) is 41.9 Å². The minimum atomic E-state index is 0.102. The SMILES string of the molecule is Cc1nc(Br)ccc1NC1CCN(C(=O)N(C)C)CC1. The van der Waals surface area contributed by atoms with Gasteiger partial charge in [-0.1, -0.05) is 0 Å². The molecule has 2 heterocycles. The Labute approximate surface area is 128 Å². The summed E-state index contributed by atoms with van der Waals surface area (Å²) >= 11 is 3.37. The fraction of sp³-hybridized carbons (Fsp3) is 0.571. The zero-order chi connectivity index (χ0) is 14.7. The van der Waals surface area contributed by atoms with Gasteiger partial charge in [-0.15, -0.1) is 0 Å². The standard InChI is InChI=1S/C14H21BrN4O/c1-10-12(4-5-13(15)16-10)17-11-6-8-19(9-7-11)14(20)18(2)3/h4-5,11,17H,6-9H2,1-3H3. The van der Waals surface area contributed by atoms with Gasteiger partial charge in [-0.05, 0) is 47.8 Å². The number of hydrogen-bond donors (Lipinski definition) is 1. The number of nitrogens with zero attached hydrogens (tertiary/aromatic N) is 3. The van der Waals surface area contributed by atoms with Crippen LogP contribution in [-0.4, -0.2) is 54.0 Å². The van der Waals surface area contributed by atoms with Crippen molar-refractivity contribution in [3.8, 4) is 0 Å². The molecule has 1 aromatic heterocycles. The molecular formula is C14H21BrN4O. The number of urea groups is 1. The number of hydrogen-bond acceptors (Lipinski definition) is 3. The van der Waals surface area contributed by atoms with Crippen LogP contribution in [0.2, 0.25) is 0 Å². The van der Waals surface area contributed by atoms with Crippen molar-refractivity contribution in [2.45, 2.75) is 25.8 Å². The van der Waals surface area contributed by atoms with Gasteiger partial charge in [0.05, 0.1) is 11.4 Å². The Morgan fingerprint density at radius 3 is 2.60 bits per heavy atom. The maximum absolute atomic E-state index is 11.9. The van der Waals surface area contributed by atoms with Gasteiger partial charge >= 0.3 is 6.03 Å². The highest BCUT2D eigenvalue weighted by atomic mass is 79.9. The highest BCUT2D eigenvalue weighted by molar-refractivity contribution is 9.10. The third-order valence-corrected chi connectivity index (χ3v) is 4.00. The molecule has 1 saturated heterocycles. The van der Waals surface area contributed by atoms with E-state index in [1.165, 1.54) is 0 Å². The number of amides is 2. The predicted molar refractivity (Wildman–Crippen MR) is 84.0 cm³/mol. The van der Waals surface area contributed by atoms with Gasteiger partial charge in [-0.3, -0.25) is 0 Å². The number of halogens is 1. The Morgan fingerprint density at radius 2 is 2.05 bits per heavy atom. The third kappa shape index (κ3) is 3.62. The molecule has 2 rings (SSSR count). The van der Waals surface area contributed by atoms with E-state index < -0.39 is 0 Å². The van der Waals surface area contributed by atoms with Crippen LogP contribution in [0.15, 0.2) is 16.7 Å². The van der Waals surface area contributed by atoms with Crippen LogP contribution in [0, 0.1) is 6.92 Å². The van der Waals surface area contributed by atoms with Gasteiger partial charge in [0.1, 0.15) is 4.60 Å². The maximum atomic E-state index is 11.9. The number of nitrogens with one attached hydrogen (secondary N) is 1. The number of anilines is 1. The summed E-state index contributed by atoms with van der Waals surface area (Å²) in [5.74, 6) is 0. The highest BCUT2D eigenvalue weighted by Crippen LogP contribution is 2.21. The summed E-state index contributed by atoms with van der Waals surface area (Å²) in [4.78, 5) is 19.8. The Hall–Kier alpha value is -1.30. The molecule has 0 aromatic carbocycles. The first-order valence-corrected chi connectivity index (χ1v) is 7.62. The average molecular weight is 341 g/mol. The number of likely N-dealkylation sites (tertiary alicyclic amines) is 1. The summed E-state index contributed by atoms with van der Waals surface area (Å²) in [6, 6.07) is 4.50. The molecular weight excluding hydrogens is 320 g/mol. The Morgan fingerprint density at radius 1 is 1.40 bits per heavy atom. The molecule has 0 bridgehead atoms. The Balaban J connectivity index is 1.90. The lowest BCUT2D eigenvalue weighted by Gasteiger charge is -2.34. The summed E-state index contributed by atoms with van der Waals surface area (Å²) in [5, 5.41) is 3.53. The van der Waals surface area contributed by atoms with Crippen LogP contribution >= 0.6 is 15.9 Å². The first-order valence-electron chi connectivity index (χ1n) is 6.83. The van der Waals surface area contributed by atoms with Gasteiger partial charge in [-0.25, -0.2) is 9.78 Å². The van der Waals surface area contributed by atoms with E-state index in [1.807, 2.05) is 24.0 Å². The lowest BCUT2D eigenvalue weighted by atomic mass is 10.0. The van der Waals surface area contributed by atoms with Gasteiger partial charge in [0.2, 0.25) is 0 Å². The van der Waals surface area contributed by atoms with Crippen LogP contribution in [0.3, 0.4) is 0 Å². The van der Waals surface area contributed by atoms with E-state index in [9.17, 15) is 4.79 Å². The molecule has 0 spiro atoms. The summed E-state index contributed by atoms with van der Waals surface area (Å²) < 4.78 is 0.854. The number of carbonyl (C=O) groups is 1. The van der Waals surface area contributed by atoms with Crippen molar-refractivity contribution in [2.75, 3.05) is 32.5 Å². The van der Waals surface area contributed by atoms with Gasteiger partial charge in [-0.2, -0.15) is 0 Å². The van der Waals surface area contributed by atoms with E-state index in [-0.39, 0.29) is 6.03 Å². The molecule has 1 aliphatic heterocycles. The van der Waals surface area contributed by atoms with E-state index in [4.69, 9.17) is 0 Å². The zero-order valence-electron chi connectivity index (χ0n) is 12.2. The van der Waals surface area contributed by atoms with Gasteiger partial charge < -0.3 is 15.1 Å². The first-order chi connectivity index (χ1) is 9.47. The zero-order valence-corrected chi connectivity index (χ0v) is 13.8. The largest absolute Gasteiger partial charge is 0.381 e. The van der Waals surface area contributed by atoms with E-state index in [2.05, 4.69) is 26.2 Å². The monoisotopic (exact) mass is 340 g/mol. The minimum Gasteiger partial charge on any atom is -0.381 e. The van der Waals surface area contributed by atoms with Crippen molar-refractivity contribution in [1.29, 1.82) is 0 Å². The molecule has 1 aromatic rings. The van der Waals surface area contributed by atoms with Crippen LogP contribution in [-0.2, 0) is 0 Å². The van der Waals surface area contributed by atoms with Crippen LogP contribution in [0.1, 0.15) is 18.5 Å². The van der Waals surface area contributed by atoms with Crippen LogP contribution in [0.4, 0.5) is 10.5 Å². The molecule has 20 heavy (non-hydrogen) atoms. The molecule has 5 nitrogen and oxygen atoms in total. The van der Waals surface area contributed by atoms with Gasteiger partial charge in [0.15, 0.2) is 0 Å². The van der Waals surface area contributed by atoms with Crippen LogP contribution in [0.25, 0.3) is 0 Å². The van der Waals surface area contributed by atoms with Crippen molar-refractivity contribution < 1.29 is 4.79 Å². The Bertz CT molecular complexity index is 484. The van der Waals surface area contributed by atoms with Crippen molar-refractivity contribution in [1.82, 2.24) is 14.8 Å². The molecule has 6 heteroatoms. The van der Waals surface area contributed by atoms with Crippen molar-refractivity contribution >= 4 is 27.6 Å².